The van der Waals surface area contributed by atoms with Gasteiger partial charge in [-0.2, -0.15) is 0 Å². The highest BCUT2D eigenvalue weighted by molar-refractivity contribution is 6.04. The first-order chi connectivity index (χ1) is 9.35. The monoisotopic (exact) mass is 280 g/mol. The smallest absolute Gasteiger partial charge is 0.331 e. The molecule has 1 rings (SSSR count). The van der Waals surface area contributed by atoms with Crippen molar-refractivity contribution in [2.45, 2.75) is 6.92 Å². The van der Waals surface area contributed by atoms with Gasteiger partial charge in [0.1, 0.15) is 5.75 Å². The summed E-state index contributed by atoms with van der Waals surface area (Å²) in [5.41, 5.74) is -0.298. The second-order valence-electron chi connectivity index (χ2n) is 3.76. The SMILES string of the molecule is COc1ccc([N+](=O)[O-])cc1NC(=O)/C=C(\C)C(=O)O. The molecule has 0 radical (unpaired) electrons. The molecule has 0 aliphatic carbocycles. The molecule has 0 aromatic heterocycles. The minimum absolute atomic E-state index is 0.0844. The maximum Gasteiger partial charge on any atom is 0.331 e. The van der Waals surface area contributed by atoms with Gasteiger partial charge < -0.3 is 15.2 Å². The molecule has 106 valence electrons. The van der Waals surface area contributed by atoms with Crippen molar-refractivity contribution in [3.8, 4) is 5.75 Å². The molecule has 0 heterocycles. The highest BCUT2D eigenvalue weighted by atomic mass is 16.6. The number of benzene rings is 1. The molecule has 20 heavy (non-hydrogen) atoms. The summed E-state index contributed by atoms with van der Waals surface area (Å²) in [6.45, 7) is 1.26. The first-order valence-corrected chi connectivity index (χ1v) is 5.40. The third-order valence-electron chi connectivity index (χ3n) is 2.34. The Morgan fingerprint density at radius 2 is 2.10 bits per heavy atom. The highest BCUT2D eigenvalue weighted by Gasteiger charge is 2.13. The average Bonchev–Trinajstić information content (AvgIpc) is 2.38. The van der Waals surface area contributed by atoms with Crippen LogP contribution in [0.2, 0.25) is 0 Å². The summed E-state index contributed by atoms with van der Waals surface area (Å²) in [7, 11) is 1.34. The minimum atomic E-state index is -1.23. The van der Waals surface area contributed by atoms with Crippen LogP contribution in [0.15, 0.2) is 29.8 Å². The number of methoxy groups -OCH3 is 1. The van der Waals surface area contributed by atoms with E-state index in [1.54, 1.807) is 0 Å². The molecule has 1 amide bonds. The second-order valence-corrected chi connectivity index (χ2v) is 3.76. The van der Waals surface area contributed by atoms with Gasteiger partial charge in [0, 0.05) is 23.8 Å². The van der Waals surface area contributed by atoms with Crippen LogP contribution in [0.1, 0.15) is 6.92 Å². The molecule has 0 aliphatic rings. The van der Waals surface area contributed by atoms with E-state index in [9.17, 15) is 19.7 Å². The number of carbonyl (C=O) groups is 2. The van der Waals surface area contributed by atoms with E-state index in [0.29, 0.717) is 0 Å². The van der Waals surface area contributed by atoms with Crippen LogP contribution in [0, 0.1) is 10.1 Å². The van der Waals surface area contributed by atoms with Crippen molar-refractivity contribution in [3.63, 3.8) is 0 Å². The Morgan fingerprint density at radius 3 is 2.60 bits per heavy atom. The molecular formula is C12H12N2O6. The summed E-state index contributed by atoms with van der Waals surface area (Å²) in [5.74, 6) is -1.72. The molecule has 8 nitrogen and oxygen atoms in total. The van der Waals surface area contributed by atoms with Crippen molar-refractivity contribution < 1.29 is 24.4 Å². The standard InChI is InChI=1S/C12H12N2O6/c1-7(12(16)17)5-11(15)13-9-6-8(14(18)19)3-4-10(9)20-2/h3-6H,1-2H3,(H,13,15)(H,16,17)/b7-5+. The molecule has 1 aromatic rings. The zero-order valence-corrected chi connectivity index (χ0v) is 10.7. The Bertz CT molecular complexity index is 594. The molecule has 0 unspecified atom stereocenters. The van der Waals surface area contributed by atoms with Gasteiger partial charge in [-0.05, 0) is 13.0 Å². The number of nitrogens with zero attached hydrogens (tertiary/aromatic N) is 1. The van der Waals surface area contributed by atoms with E-state index in [0.717, 1.165) is 12.1 Å². The summed E-state index contributed by atoms with van der Waals surface area (Å²) in [6.07, 6.45) is 0.876. The molecule has 0 saturated carbocycles. The number of ether oxygens (including phenoxy) is 1. The quantitative estimate of drug-likeness (QED) is 0.480. The summed E-state index contributed by atoms with van der Waals surface area (Å²) in [5, 5.41) is 21.7. The Labute approximate surface area is 113 Å². The van der Waals surface area contributed by atoms with Crippen molar-refractivity contribution in [1.29, 1.82) is 0 Å². The summed E-state index contributed by atoms with van der Waals surface area (Å²) in [6, 6.07) is 3.69. The predicted molar refractivity (Wildman–Crippen MR) is 69.7 cm³/mol. The van der Waals surface area contributed by atoms with Gasteiger partial charge in [0.25, 0.3) is 5.69 Å². The molecule has 0 saturated heterocycles. The van der Waals surface area contributed by atoms with Crippen LogP contribution in [0.4, 0.5) is 11.4 Å². The predicted octanol–water partition coefficient (Wildman–Crippen LogP) is 1.57. The fraction of sp³-hybridized carbons (Fsp3) is 0.167. The normalized spacial score (nSPS) is 10.8. The number of anilines is 1. The Balaban J connectivity index is 3.04. The fourth-order valence-corrected chi connectivity index (χ4v) is 1.33. The fourth-order valence-electron chi connectivity index (χ4n) is 1.33. The number of nitrogens with one attached hydrogen (secondary N) is 1. The van der Waals surface area contributed by atoms with E-state index >= 15 is 0 Å². The summed E-state index contributed by atoms with van der Waals surface area (Å²) < 4.78 is 4.96. The molecule has 0 bridgehead atoms. The molecular weight excluding hydrogens is 268 g/mol. The van der Waals surface area contributed by atoms with Gasteiger partial charge in [-0.1, -0.05) is 0 Å². The van der Waals surface area contributed by atoms with E-state index in [1.807, 2.05) is 0 Å². The lowest BCUT2D eigenvalue weighted by atomic mass is 10.2. The van der Waals surface area contributed by atoms with Crippen molar-refractivity contribution in [2.75, 3.05) is 12.4 Å². The second kappa shape index (κ2) is 6.32. The largest absolute Gasteiger partial charge is 0.495 e. The van der Waals surface area contributed by atoms with Crippen LogP contribution in [0.3, 0.4) is 0 Å². The highest BCUT2D eigenvalue weighted by Crippen LogP contribution is 2.28. The van der Waals surface area contributed by atoms with Gasteiger partial charge in [-0.15, -0.1) is 0 Å². The van der Waals surface area contributed by atoms with E-state index in [4.69, 9.17) is 9.84 Å². The Hall–Kier alpha value is -2.90. The molecule has 1 aromatic carbocycles. The number of hydrogen-bond acceptors (Lipinski definition) is 5. The lowest BCUT2D eigenvalue weighted by Gasteiger charge is -2.08. The van der Waals surface area contributed by atoms with E-state index in [1.165, 1.54) is 26.2 Å². The van der Waals surface area contributed by atoms with E-state index in [-0.39, 0.29) is 22.7 Å². The first kappa shape index (κ1) is 15.2. The molecule has 2 N–H and O–H groups in total. The van der Waals surface area contributed by atoms with Gasteiger partial charge >= 0.3 is 5.97 Å². The van der Waals surface area contributed by atoms with E-state index < -0.39 is 16.8 Å². The number of carboxylic acids is 1. The van der Waals surface area contributed by atoms with Gasteiger partial charge in [0.2, 0.25) is 5.91 Å². The average molecular weight is 280 g/mol. The van der Waals surface area contributed by atoms with E-state index in [2.05, 4.69) is 5.32 Å². The lowest BCUT2D eigenvalue weighted by molar-refractivity contribution is -0.384. The molecule has 0 fully saturated rings. The van der Waals surface area contributed by atoms with Gasteiger partial charge in [0.15, 0.2) is 0 Å². The first-order valence-electron chi connectivity index (χ1n) is 5.40. The number of rotatable bonds is 5. The third kappa shape index (κ3) is 3.80. The van der Waals surface area contributed by atoms with Crippen molar-refractivity contribution in [3.05, 3.63) is 40.0 Å². The maximum atomic E-state index is 11.6. The van der Waals surface area contributed by atoms with Crippen LogP contribution in [-0.4, -0.2) is 29.0 Å². The van der Waals surface area contributed by atoms with Crippen LogP contribution in [-0.2, 0) is 9.59 Å². The summed E-state index contributed by atoms with van der Waals surface area (Å²) in [4.78, 5) is 32.2. The molecule has 0 atom stereocenters. The molecule has 0 aliphatic heterocycles. The number of hydrogen-bond donors (Lipinski definition) is 2. The number of non-ortho nitro benzene ring substituents is 1. The van der Waals surface area contributed by atoms with Crippen LogP contribution >= 0.6 is 0 Å². The number of amides is 1. The Morgan fingerprint density at radius 1 is 1.45 bits per heavy atom. The van der Waals surface area contributed by atoms with Gasteiger partial charge in [0.05, 0.1) is 17.7 Å². The number of carbonyl (C=O) groups excluding carboxylic acids is 1. The Kier molecular flexibility index (Phi) is 4.79. The zero-order valence-electron chi connectivity index (χ0n) is 10.7. The van der Waals surface area contributed by atoms with Crippen molar-refractivity contribution in [1.82, 2.24) is 0 Å². The number of nitro benzene ring substituents is 1. The van der Waals surface area contributed by atoms with Crippen molar-refractivity contribution >= 4 is 23.3 Å². The molecule has 0 spiro atoms. The van der Waals surface area contributed by atoms with Crippen molar-refractivity contribution in [2.24, 2.45) is 0 Å². The van der Waals surface area contributed by atoms with Crippen LogP contribution in [0.25, 0.3) is 0 Å². The topological polar surface area (TPSA) is 119 Å². The molecule has 8 heteroatoms. The van der Waals surface area contributed by atoms with Gasteiger partial charge in [-0.3, -0.25) is 14.9 Å². The number of aliphatic carboxylic acids is 1. The summed E-state index contributed by atoms with van der Waals surface area (Å²) >= 11 is 0. The number of nitro groups is 1. The zero-order chi connectivity index (χ0) is 15.3. The minimum Gasteiger partial charge on any atom is -0.495 e. The van der Waals surface area contributed by atoms with Gasteiger partial charge in [-0.25, -0.2) is 4.79 Å². The lowest BCUT2D eigenvalue weighted by Crippen LogP contribution is -2.11. The maximum absolute atomic E-state index is 11.6. The number of carboxylic acid groups (broad SMARTS) is 1. The van der Waals surface area contributed by atoms with Crippen LogP contribution < -0.4 is 10.1 Å². The van der Waals surface area contributed by atoms with Crippen LogP contribution in [0.5, 0.6) is 5.75 Å². The third-order valence-corrected chi connectivity index (χ3v) is 2.34.